The lowest BCUT2D eigenvalue weighted by Gasteiger charge is -2.13. The van der Waals surface area contributed by atoms with Gasteiger partial charge in [-0.3, -0.25) is 4.79 Å². The Morgan fingerprint density at radius 1 is 1.25 bits per heavy atom. The van der Waals surface area contributed by atoms with Crippen molar-refractivity contribution >= 4 is 22.7 Å². The van der Waals surface area contributed by atoms with E-state index in [0.717, 1.165) is 12.1 Å². The minimum atomic E-state index is -4.55. The molecule has 3 N–H and O–H groups in total. The molecule has 0 aliphatic heterocycles. The highest BCUT2D eigenvalue weighted by molar-refractivity contribution is 6.12. The molecule has 0 atom stereocenters. The molecule has 3 rings (SSSR count). The van der Waals surface area contributed by atoms with Crippen LogP contribution >= 0.6 is 0 Å². The molecule has 0 spiro atoms. The molecule has 9 heteroatoms. The fourth-order valence-corrected chi connectivity index (χ4v) is 2.83. The number of anilines is 1. The summed E-state index contributed by atoms with van der Waals surface area (Å²) in [5, 5.41) is 6.79. The zero-order valence-corrected chi connectivity index (χ0v) is 15.5. The number of fused-ring (bicyclic) bond motifs is 1. The smallest absolute Gasteiger partial charge is 0.336 e. The highest BCUT2D eigenvalue weighted by Crippen LogP contribution is 2.32. The minimum Gasteiger partial charge on any atom is -0.336 e. The molecule has 28 heavy (non-hydrogen) atoms. The quantitative estimate of drug-likeness (QED) is 0.687. The number of aromatic nitrogens is 2. The van der Waals surface area contributed by atoms with Crippen molar-refractivity contribution < 1.29 is 22.5 Å². The molecule has 0 fully saturated rings. The van der Waals surface area contributed by atoms with Crippen LogP contribution in [-0.2, 0) is 12.7 Å². The van der Waals surface area contributed by atoms with E-state index in [-0.39, 0.29) is 35.0 Å². The molecule has 2 aromatic heterocycles. The Bertz CT molecular complexity index is 1040. The lowest BCUT2D eigenvalue weighted by atomic mass is 10.0. The predicted octanol–water partition coefficient (Wildman–Crippen LogP) is 4.38. The Balaban J connectivity index is 2.05. The molecule has 0 saturated heterocycles. The van der Waals surface area contributed by atoms with Crippen LogP contribution in [0.15, 0.2) is 28.8 Å². The predicted molar refractivity (Wildman–Crippen MR) is 97.9 cm³/mol. The number of pyridine rings is 1. The molecule has 148 valence electrons. The third-order valence-corrected chi connectivity index (χ3v) is 4.29. The van der Waals surface area contributed by atoms with Crippen LogP contribution in [0.25, 0.3) is 11.1 Å². The summed E-state index contributed by atoms with van der Waals surface area (Å²) in [6.45, 7) is 5.38. The van der Waals surface area contributed by atoms with E-state index in [9.17, 15) is 18.0 Å². The maximum atomic E-state index is 13.1. The van der Waals surface area contributed by atoms with Gasteiger partial charge < -0.3 is 15.6 Å². The summed E-state index contributed by atoms with van der Waals surface area (Å²) >= 11 is 0. The molecule has 0 saturated carbocycles. The van der Waals surface area contributed by atoms with E-state index in [0.29, 0.717) is 16.8 Å². The van der Waals surface area contributed by atoms with Crippen molar-refractivity contribution in [1.29, 1.82) is 0 Å². The summed E-state index contributed by atoms with van der Waals surface area (Å²) in [5.41, 5.74) is 6.40. The van der Waals surface area contributed by atoms with Crippen molar-refractivity contribution in [3.8, 4) is 0 Å². The second-order valence-electron chi connectivity index (χ2n) is 6.77. The van der Waals surface area contributed by atoms with Crippen molar-refractivity contribution in [3.05, 3.63) is 52.3 Å². The van der Waals surface area contributed by atoms with Gasteiger partial charge in [-0.2, -0.15) is 13.2 Å². The van der Waals surface area contributed by atoms with Crippen LogP contribution < -0.4 is 11.1 Å². The van der Waals surface area contributed by atoms with Crippen molar-refractivity contribution in [1.82, 2.24) is 10.1 Å². The molecule has 0 aliphatic rings. The summed E-state index contributed by atoms with van der Waals surface area (Å²) in [7, 11) is 0. The number of amides is 1. The van der Waals surface area contributed by atoms with Gasteiger partial charge in [-0.05, 0) is 42.7 Å². The van der Waals surface area contributed by atoms with Crippen LogP contribution in [-0.4, -0.2) is 16.0 Å². The summed E-state index contributed by atoms with van der Waals surface area (Å²) in [5.74, 6) is -0.568. The van der Waals surface area contributed by atoms with E-state index < -0.39 is 17.6 Å². The number of halogens is 3. The first-order valence-electron chi connectivity index (χ1n) is 8.59. The first-order chi connectivity index (χ1) is 13.1. The largest absolute Gasteiger partial charge is 0.416 e. The molecular formula is C19H19F3N4O2. The number of carbonyl (C=O) groups is 1. The number of aryl methyl sites for hydroxylation is 1. The van der Waals surface area contributed by atoms with Crippen LogP contribution in [0.2, 0.25) is 0 Å². The summed E-state index contributed by atoms with van der Waals surface area (Å²) in [6.07, 6.45) is -4.55. The molecule has 0 bridgehead atoms. The Morgan fingerprint density at radius 3 is 2.57 bits per heavy atom. The van der Waals surface area contributed by atoms with Gasteiger partial charge in [0.15, 0.2) is 0 Å². The SMILES string of the molecule is Cc1noc2nc(C(C)C)cc(C(=O)Nc3cc(CN)cc(C(F)(F)F)c3)c12. The number of benzene rings is 1. The van der Waals surface area contributed by atoms with Gasteiger partial charge in [-0.1, -0.05) is 19.0 Å². The monoisotopic (exact) mass is 392 g/mol. The van der Waals surface area contributed by atoms with Gasteiger partial charge in [0.1, 0.15) is 0 Å². The molecular weight excluding hydrogens is 373 g/mol. The van der Waals surface area contributed by atoms with Gasteiger partial charge in [0.05, 0.1) is 22.2 Å². The molecule has 0 aliphatic carbocycles. The zero-order chi connectivity index (χ0) is 20.6. The van der Waals surface area contributed by atoms with Gasteiger partial charge in [0.25, 0.3) is 11.6 Å². The summed E-state index contributed by atoms with van der Waals surface area (Å²) in [4.78, 5) is 17.2. The Hall–Kier alpha value is -2.94. The Morgan fingerprint density at radius 2 is 1.96 bits per heavy atom. The van der Waals surface area contributed by atoms with Gasteiger partial charge >= 0.3 is 6.18 Å². The van der Waals surface area contributed by atoms with Gasteiger partial charge in [0.2, 0.25) is 0 Å². The zero-order valence-electron chi connectivity index (χ0n) is 15.5. The molecule has 0 radical (unpaired) electrons. The van der Waals surface area contributed by atoms with Gasteiger partial charge in [0, 0.05) is 17.9 Å². The fourth-order valence-electron chi connectivity index (χ4n) is 2.83. The molecule has 1 aromatic carbocycles. The number of nitrogens with two attached hydrogens (primary N) is 1. The van der Waals surface area contributed by atoms with E-state index in [1.807, 2.05) is 13.8 Å². The van der Waals surface area contributed by atoms with Crippen LogP contribution in [0.3, 0.4) is 0 Å². The lowest BCUT2D eigenvalue weighted by Crippen LogP contribution is -2.15. The van der Waals surface area contributed by atoms with Crippen LogP contribution in [0.1, 0.15) is 52.6 Å². The number of nitrogens with one attached hydrogen (secondary N) is 1. The van der Waals surface area contributed by atoms with E-state index in [1.165, 1.54) is 6.07 Å². The van der Waals surface area contributed by atoms with Crippen LogP contribution in [0, 0.1) is 6.92 Å². The minimum absolute atomic E-state index is 0.00504. The average Bonchev–Trinajstić information content (AvgIpc) is 3.01. The normalized spacial score (nSPS) is 12.0. The van der Waals surface area contributed by atoms with Crippen LogP contribution in [0.5, 0.6) is 0 Å². The highest BCUT2D eigenvalue weighted by Gasteiger charge is 2.31. The third kappa shape index (κ3) is 3.84. The van der Waals surface area contributed by atoms with E-state index >= 15 is 0 Å². The topological polar surface area (TPSA) is 94.0 Å². The average molecular weight is 392 g/mol. The number of hydrogen-bond donors (Lipinski definition) is 2. The Labute approximate surface area is 158 Å². The van der Waals surface area contributed by atoms with E-state index in [4.69, 9.17) is 10.3 Å². The standard InChI is InChI=1S/C19H19F3N4O2/c1-9(2)15-7-14(16-10(3)26-28-18(16)25-15)17(27)24-13-5-11(8-23)4-12(6-13)19(20,21)22/h4-7,9H,8,23H2,1-3H3,(H,24,27). The van der Waals surface area contributed by atoms with Gasteiger partial charge in [-0.25, -0.2) is 4.98 Å². The Kier molecular flexibility index (Phi) is 5.12. The van der Waals surface area contributed by atoms with Crippen LogP contribution in [0.4, 0.5) is 18.9 Å². The van der Waals surface area contributed by atoms with Crippen molar-refractivity contribution in [2.45, 2.75) is 39.4 Å². The number of nitrogens with zero attached hydrogens (tertiary/aromatic N) is 2. The first kappa shape index (κ1) is 19.8. The molecule has 1 amide bonds. The molecule has 2 heterocycles. The number of alkyl halides is 3. The maximum absolute atomic E-state index is 13.1. The van der Waals surface area contributed by atoms with Gasteiger partial charge in [-0.15, -0.1) is 0 Å². The second-order valence-corrected chi connectivity index (χ2v) is 6.77. The van der Waals surface area contributed by atoms with Crippen molar-refractivity contribution in [2.75, 3.05) is 5.32 Å². The number of rotatable bonds is 4. The van der Waals surface area contributed by atoms with Crippen molar-refractivity contribution in [3.63, 3.8) is 0 Å². The fraction of sp³-hybridized carbons (Fsp3) is 0.316. The molecule has 6 nitrogen and oxygen atoms in total. The van der Waals surface area contributed by atoms with Crippen molar-refractivity contribution in [2.24, 2.45) is 5.73 Å². The summed E-state index contributed by atoms with van der Waals surface area (Å²) < 4.78 is 44.5. The summed E-state index contributed by atoms with van der Waals surface area (Å²) in [6, 6.07) is 4.85. The van der Waals surface area contributed by atoms with E-state index in [2.05, 4.69) is 15.5 Å². The number of hydrogen-bond acceptors (Lipinski definition) is 5. The molecule has 0 unspecified atom stereocenters. The van der Waals surface area contributed by atoms with E-state index in [1.54, 1.807) is 13.0 Å². The second kappa shape index (κ2) is 7.23. The highest BCUT2D eigenvalue weighted by atomic mass is 19.4. The molecule has 3 aromatic rings. The number of carbonyl (C=O) groups excluding carboxylic acids is 1. The lowest BCUT2D eigenvalue weighted by molar-refractivity contribution is -0.137. The third-order valence-electron chi connectivity index (χ3n) is 4.29. The first-order valence-corrected chi connectivity index (χ1v) is 8.59. The maximum Gasteiger partial charge on any atom is 0.416 e.